The molecule has 10 heteroatoms. The minimum Gasteiger partial charge on any atom is -0.458 e. The lowest BCUT2D eigenvalue weighted by Gasteiger charge is -2.35. The van der Waals surface area contributed by atoms with Gasteiger partial charge in [0.15, 0.2) is 0 Å². The molecule has 0 spiro atoms. The van der Waals surface area contributed by atoms with Crippen molar-refractivity contribution in [2.75, 3.05) is 19.8 Å². The van der Waals surface area contributed by atoms with Gasteiger partial charge in [-0.15, -0.1) is 0 Å². The van der Waals surface area contributed by atoms with Crippen molar-refractivity contribution in [2.24, 2.45) is 0 Å². The molecule has 0 aromatic heterocycles. The van der Waals surface area contributed by atoms with Crippen LogP contribution in [0.2, 0.25) is 0 Å². The number of halogens is 3. The van der Waals surface area contributed by atoms with Crippen LogP contribution in [0.5, 0.6) is 0 Å². The highest BCUT2D eigenvalue weighted by Gasteiger charge is 2.41. The van der Waals surface area contributed by atoms with Gasteiger partial charge in [-0.1, -0.05) is 18.6 Å². The molecule has 1 aromatic rings. The van der Waals surface area contributed by atoms with Crippen LogP contribution in [-0.4, -0.2) is 50.1 Å². The molecule has 0 bridgehead atoms. The zero-order chi connectivity index (χ0) is 21.9. The Kier molecular flexibility index (Phi) is 7.34. The van der Waals surface area contributed by atoms with Crippen LogP contribution in [0.4, 0.5) is 13.2 Å². The molecule has 1 aliphatic heterocycles. The van der Waals surface area contributed by atoms with E-state index in [0.717, 1.165) is 22.5 Å². The fourth-order valence-electron chi connectivity index (χ4n) is 3.16. The summed E-state index contributed by atoms with van der Waals surface area (Å²) in [4.78, 5) is 11.0. The van der Waals surface area contributed by atoms with E-state index in [9.17, 15) is 26.4 Å². The van der Waals surface area contributed by atoms with Crippen molar-refractivity contribution in [3.63, 3.8) is 0 Å². The Morgan fingerprint density at radius 2 is 1.83 bits per heavy atom. The van der Waals surface area contributed by atoms with Crippen molar-refractivity contribution in [1.29, 1.82) is 0 Å². The number of rotatable bonds is 6. The van der Waals surface area contributed by atoms with Crippen molar-refractivity contribution >= 4 is 16.0 Å². The van der Waals surface area contributed by atoms with E-state index in [0.29, 0.717) is 19.3 Å². The average molecular weight is 437 g/mol. The molecule has 1 heterocycles. The van der Waals surface area contributed by atoms with Gasteiger partial charge in [0.1, 0.15) is 12.2 Å². The van der Waals surface area contributed by atoms with Crippen LogP contribution >= 0.6 is 0 Å². The third-order valence-electron chi connectivity index (χ3n) is 4.30. The van der Waals surface area contributed by atoms with Crippen molar-refractivity contribution in [2.45, 2.75) is 62.7 Å². The summed E-state index contributed by atoms with van der Waals surface area (Å²) in [6.07, 6.45) is -3.10. The number of hydrogen-bond acceptors (Lipinski definition) is 5. The van der Waals surface area contributed by atoms with Crippen molar-refractivity contribution < 1.29 is 35.9 Å². The zero-order valence-corrected chi connectivity index (χ0v) is 17.5. The van der Waals surface area contributed by atoms with E-state index >= 15 is 0 Å². The van der Waals surface area contributed by atoms with Gasteiger partial charge in [-0.05, 0) is 45.7 Å². The first-order chi connectivity index (χ1) is 13.3. The first-order valence-electron chi connectivity index (χ1n) is 9.30. The highest BCUT2D eigenvalue weighted by molar-refractivity contribution is 7.89. The molecule has 0 saturated carbocycles. The minimum atomic E-state index is -4.79. The van der Waals surface area contributed by atoms with E-state index in [-0.39, 0.29) is 19.8 Å². The summed E-state index contributed by atoms with van der Waals surface area (Å²) in [7, 11) is -4.39. The summed E-state index contributed by atoms with van der Waals surface area (Å²) in [6, 6.07) is 3.48. The standard InChI is InChI=1S/C19H26F3NO5S/c1-18(2,3)28-17(24)13-27-12-14-8-6-7-11-23(14)29(25,26)16-10-5-4-9-15(16)19(20,21)22/h4-5,9-10,14H,6-8,11-13H2,1-3H3/t14-/m0/s1. The Balaban J connectivity index is 2.16. The monoisotopic (exact) mass is 437 g/mol. The SMILES string of the molecule is CC(C)(C)OC(=O)COC[C@@H]1CCCCN1S(=O)(=O)c1ccccc1C(F)(F)F. The molecule has 6 nitrogen and oxygen atoms in total. The summed E-state index contributed by atoms with van der Waals surface area (Å²) in [6.45, 7) is 4.75. The number of hydrogen-bond donors (Lipinski definition) is 0. The largest absolute Gasteiger partial charge is 0.458 e. The smallest absolute Gasteiger partial charge is 0.417 e. The Morgan fingerprint density at radius 1 is 1.17 bits per heavy atom. The number of esters is 1. The van der Waals surface area contributed by atoms with Crippen LogP contribution < -0.4 is 0 Å². The number of alkyl halides is 3. The third-order valence-corrected chi connectivity index (χ3v) is 6.31. The lowest BCUT2D eigenvalue weighted by molar-refractivity contribution is -0.160. The molecule has 1 fully saturated rings. The van der Waals surface area contributed by atoms with Gasteiger partial charge in [-0.25, -0.2) is 13.2 Å². The summed E-state index contributed by atoms with van der Waals surface area (Å²) in [5.74, 6) is -0.592. The van der Waals surface area contributed by atoms with E-state index in [1.807, 2.05) is 0 Å². The second-order valence-corrected chi connectivity index (χ2v) is 9.72. The van der Waals surface area contributed by atoms with Crippen LogP contribution in [0.15, 0.2) is 29.2 Å². The molecule has 1 aliphatic rings. The van der Waals surface area contributed by atoms with E-state index in [2.05, 4.69) is 0 Å². The van der Waals surface area contributed by atoms with Gasteiger partial charge < -0.3 is 9.47 Å². The molecule has 0 radical (unpaired) electrons. The maximum Gasteiger partial charge on any atom is 0.417 e. The molecule has 0 amide bonds. The van der Waals surface area contributed by atoms with Crippen LogP contribution in [0, 0.1) is 0 Å². The normalized spacial score (nSPS) is 19.2. The molecular formula is C19H26F3NO5S. The number of ether oxygens (including phenoxy) is 2. The number of piperidine rings is 1. The first kappa shape index (κ1) is 23.6. The Bertz CT molecular complexity index is 818. The van der Waals surface area contributed by atoms with Gasteiger partial charge in [-0.3, -0.25) is 0 Å². The number of sulfonamides is 1. The molecule has 1 saturated heterocycles. The summed E-state index contributed by atoms with van der Waals surface area (Å²) < 4.78 is 77.5. The molecule has 0 unspecified atom stereocenters. The molecule has 1 atom stereocenters. The lowest BCUT2D eigenvalue weighted by Crippen LogP contribution is -2.46. The zero-order valence-electron chi connectivity index (χ0n) is 16.7. The number of carbonyl (C=O) groups excluding carboxylic acids is 1. The number of carbonyl (C=O) groups is 1. The minimum absolute atomic E-state index is 0.0923. The summed E-state index contributed by atoms with van der Waals surface area (Å²) in [5, 5.41) is 0. The molecular weight excluding hydrogens is 411 g/mol. The van der Waals surface area contributed by atoms with Crippen molar-refractivity contribution in [1.82, 2.24) is 4.31 Å². The van der Waals surface area contributed by atoms with Gasteiger partial charge in [0.2, 0.25) is 10.0 Å². The van der Waals surface area contributed by atoms with E-state index in [4.69, 9.17) is 9.47 Å². The lowest BCUT2D eigenvalue weighted by atomic mass is 10.1. The third kappa shape index (κ3) is 6.42. The van der Waals surface area contributed by atoms with E-state index in [1.165, 1.54) is 6.07 Å². The fourth-order valence-corrected chi connectivity index (χ4v) is 5.05. The Hall–Kier alpha value is -1.65. The molecule has 164 valence electrons. The van der Waals surface area contributed by atoms with Crippen LogP contribution in [0.3, 0.4) is 0 Å². The van der Waals surface area contributed by atoms with Crippen molar-refractivity contribution in [3.8, 4) is 0 Å². The average Bonchev–Trinajstić information content (AvgIpc) is 2.60. The van der Waals surface area contributed by atoms with E-state index < -0.39 is 44.3 Å². The number of nitrogens with zero attached hydrogens (tertiary/aromatic N) is 1. The van der Waals surface area contributed by atoms with Gasteiger partial charge in [-0.2, -0.15) is 17.5 Å². The Morgan fingerprint density at radius 3 is 2.45 bits per heavy atom. The summed E-state index contributed by atoms with van der Waals surface area (Å²) >= 11 is 0. The highest BCUT2D eigenvalue weighted by atomic mass is 32.2. The molecule has 2 rings (SSSR count). The second-order valence-electron chi connectivity index (χ2n) is 7.86. The van der Waals surface area contributed by atoms with E-state index in [1.54, 1.807) is 20.8 Å². The van der Waals surface area contributed by atoms with Crippen molar-refractivity contribution in [3.05, 3.63) is 29.8 Å². The quantitative estimate of drug-likeness (QED) is 0.636. The summed E-state index contributed by atoms with van der Waals surface area (Å²) in [5.41, 5.74) is -1.87. The molecule has 1 aromatic carbocycles. The van der Waals surface area contributed by atoms with Gasteiger partial charge in [0.25, 0.3) is 0 Å². The molecule has 29 heavy (non-hydrogen) atoms. The topological polar surface area (TPSA) is 72.9 Å². The Labute approximate surface area is 169 Å². The highest BCUT2D eigenvalue weighted by Crippen LogP contribution is 2.36. The fraction of sp³-hybridized carbons (Fsp3) is 0.632. The second kappa shape index (κ2) is 9.01. The van der Waals surface area contributed by atoms with Crippen LogP contribution in [0.1, 0.15) is 45.6 Å². The van der Waals surface area contributed by atoms with Crippen LogP contribution in [-0.2, 0) is 30.5 Å². The van der Waals surface area contributed by atoms with Crippen LogP contribution in [0.25, 0.3) is 0 Å². The first-order valence-corrected chi connectivity index (χ1v) is 10.7. The molecule has 0 N–H and O–H groups in total. The maximum absolute atomic E-state index is 13.3. The van der Waals surface area contributed by atoms with Gasteiger partial charge in [0.05, 0.1) is 17.1 Å². The van der Waals surface area contributed by atoms with Gasteiger partial charge >= 0.3 is 12.1 Å². The maximum atomic E-state index is 13.3. The predicted molar refractivity (Wildman–Crippen MR) is 99.6 cm³/mol. The van der Waals surface area contributed by atoms with Gasteiger partial charge in [0, 0.05) is 12.6 Å². The molecule has 0 aliphatic carbocycles. The number of benzene rings is 1. The predicted octanol–water partition coefficient (Wildman–Crippen LogP) is 3.61.